The molecule has 2 aliphatic rings. The average molecular weight is 377 g/mol. The molecule has 0 spiro atoms. The van der Waals surface area contributed by atoms with Crippen LogP contribution in [-0.4, -0.2) is 62.5 Å². The monoisotopic (exact) mass is 377 g/mol. The third-order valence-corrected chi connectivity index (χ3v) is 4.53. The maximum atomic E-state index is 12.9. The summed E-state index contributed by atoms with van der Waals surface area (Å²) in [5.41, 5.74) is 1.59. The molecule has 0 aliphatic carbocycles. The van der Waals surface area contributed by atoms with E-state index in [0.29, 0.717) is 34.1 Å². The lowest BCUT2D eigenvalue weighted by molar-refractivity contribution is -0.126. The fourth-order valence-corrected chi connectivity index (χ4v) is 3.41. The van der Waals surface area contributed by atoms with Crippen molar-refractivity contribution in [1.29, 1.82) is 0 Å². The number of urea groups is 1. The Morgan fingerprint density at radius 2 is 1.81 bits per heavy atom. The van der Waals surface area contributed by atoms with Crippen LogP contribution in [0.1, 0.15) is 18.5 Å². The van der Waals surface area contributed by atoms with Gasteiger partial charge in [0.2, 0.25) is 5.75 Å². The van der Waals surface area contributed by atoms with Crippen LogP contribution in [0.5, 0.6) is 17.2 Å². The number of amides is 3. The number of hydrogen-bond donors (Lipinski definition) is 3. The number of hydrogen-bond acceptors (Lipinski definition) is 6. The van der Waals surface area contributed by atoms with E-state index >= 15 is 0 Å². The zero-order chi connectivity index (χ0) is 19.7. The first-order valence-electron chi connectivity index (χ1n) is 8.47. The van der Waals surface area contributed by atoms with Crippen molar-refractivity contribution in [2.75, 3.05) is 34.4 Å². The van der Waals surface area contributed by atoms with Crippen LogP contribution in [0.25, 0.3) is 0 Å². The van der Waals surface area contributed by atoms with Gasteiger partial charge in [-0.3, -0.25) is 4.79 Å². The van der Waals surface area contributed by atoms with Crippen molar-refractivity contribution >= 4 is 11.9 Å². The Balaban J connectivity index is 2.04. The molecule has 0 fully saturated rings. The molecule has 3 amide bonds. The van der Waals surface area contributed by atoms with E-state index in [1.807, 2.05) is 0 Å². The molecule has 9 nitrogen and oxygen atoms in total. The molecule has 1 aromatic rings. The van der Waals surface area contributed by atoms with Gasteiger partial charge in [-0.2, -0.15) is 0 Å². The molecule has 2 heterocycles. The minimum absolute atomic E-state index is 0.184. The summed E-state index contributed by atoms with van der Waals surface area (Å²) in [4.78, 5) is 26.5. The first-order chi connectivity index (χ1) is 12.9. The Bertz CT molecular complexity index is 779. The Kier molecular flexibility index (Phi) is 5.13. The number of rotatable bonds is 6. The Morgan fingerprint density at radius 3 is 2.33 bits per heavy atom. The van der Waals surface area contributed by atoms with Gasteiger partial charge >= 0.3 is 6.03 Å². The molecule has 0 radical (unpaired) electrons. The highest BCUT2D eigenvalue weighted by Gasteiger charge is 2.41. The average Bonchev–Trinajstić information content (AvgIpc) is 2.94. The van der Waals surface area contributed by atoms with Gasteiger partial charge in [-0.1, -0.05) is 0 Å². The molecule has 2 aliphatic heterocycles. The highest BCUT2D eigenvalue weighted by molar-refractivity contribution is 6.01. The quantitative estimate of drug-likeness (QED) is 0.668. The zero-order valence-electron chi connectivity index (χ0n) is 15.7. The number of aliphatic hydroxyl groups is 1. The first-order valence-corrected chi connectivity index (χ1v) is 8.47. The van der Waals surface area contributed by atoms with Gasteiger partial charge in [-0.25, -0.2) is 4.79 Å². The summed E-state index contributed by atoms with van der Waals surface area (Å²) in [5, 5.41) is 15.1. The van der Waals surface area contributed by atoms with Crippen LogP contribution in [0.4, 0.5) is 4.79 Å². The summed E-state index contributed by atoms with van der Waals surface area (Å²) >= 11 is 0. The van der Waals surface area contributed by atoms with Crippen molar-refractivity contribution in [2.45, 2.75) is 19.1 Å². The number of carbonyl (C=O) groups excluding carboxylic acids is 2. The highest BCUT2D eigenvalue weighted by atomic mass is 16.5. The summed E-state index contributed by atoms with van der Waals surface area (Å²) in [6.45, 7) is 2.04. The first kappa shape index (κ1) is 18.8. The maximum absolute atomic E-state index is 12.9. The Labute approximate surface area is 156 Å². The summed E-state index contributed by atoms with van der Waals surface area (Å²) in [5.74, 6) is 1.03. The van der Waals surface area contributed by atoms with E-state index < -0.39 is 18.2 Å². The molecule has 27 heavy (non-hydrogen) atoms. The molecule has 2 atom stereocenters. The van der Waals surface area contributed by atoms with E-state index in [1.54, 1.807) is 19.1 Å². The Morgan fingerprint density at radius 1 is 1.19 bits per heavy atom. The topological polar surface area (TPSA) is 109 Å². The van der Waals surface area contributed by atoms with Crippen LogP contribution < -0.4 is 24.8 Å². The fourth-order valence-electron chi connectivity index (χ4n) is 3.41. The second-order valence-electron chi connectivity index (χ2n) is 6.42. The van der Waals surface area contributed by atoms with Crippen molar-refractivity contribution in [2.24, 2.45) is 0 Å². The molecular formula is C18H23N3O6. The van der Waals surface area contributed by atoms with E-state index in [2.05, 4.69) is 10.6 Å². The number of benzene rings is 1. The lowest BCUT2D eigenvalue weighted by atomic mass is 9.95. The summed E-state index contributed by atoms with van der Waals surface area (Å²) < 4.78 is 16.1. The molecule has 3 rings (SSSR count). The van der Waals surface area contributed by atoms with Crippen molar-refractivity contribution in [3.63, 3.8) is 0 Å². The van der Waals surface area contributed by atoms with Crippen molar-refractivity contribution in [3.05, 3.63) is 29.0 Å². The van der Waals surface area contributed by atoms with E-state index in [-0.39, 0.29) is 19.0 Å². The summed E-state index contributed by atoms with van der Waals surface area (Å²) in [7, 11) is 4.50. The standard InChI is InChI=1S/C18H23N3O6/c1-9(22)7-21-8-11-14(17(21)23)15(20-18(24)19-11)10-5-12(25-2)16(27-4)13(6-10)26-3/h5-6,9,15,22H,7-8H2,1-4H3,(H2,19,20,24)/t9-,15+/m0/s1. The number of β-amino-alcohol motifs (C(OH)–C–C–N with tert-alkyl or cyclic N) is 1. The van der Waals surface area contributed by atoms with Crippen LogP contribution in [-0.2, 0) is 4.79 Å². The number of methoxy groups -OCH3 is 3. The van der Waals surface area contributed by atoms with E-state index in [9.17, 15) is 14.7 Å². The highest BCUT2D eigenvalue weighted by Crippen LogP contribution is 2.42. The smallest absolute Gasteiger partial charge is 0.319 e. The Hall–Kier alpha value is -2.94. The van der Waals surface area contributed by atoms with Crippen molar-refractivity contribution in [3.8, 4) is 17.2 Å². The van der Waals surface area contributed by atoms with Gasteiger partial charge in [0.1, 0.15) is 0 Å². The van der Waals surface area contributed by atoms with Gasteiger partial charge in [0, 0.05) is 6.54 Å². The zero-order valence-corrected chi connectivity index (χ0v) is 15.7. The molecule has 0 saturated carbocycles. The van der Waals surface area contributed by atoms with Crippen LogP contribution in [0, 0.1) is 0 Å². The number of nitrogens with one attached hydrogen (secondary N) is 2. The molecule has 3 N–H and O–H groups in total. The van der Waals surface area contributed by atoms with Gasteiger partial charge in [0.05, 0.1) is 51.3 Å². The molecule has 0 unspecified atom stereocenters. The molecule has 146 valence electrons. The minimum Gasteiger partial charge on any atom is -0.493 e. The van der Waals surface area contributed by atoms with Crippen molar-refractivity contribution < 1.29 is 28.9 Å². The van der Waals surface area contributed by atoms with Gasteiger partial charge in [-0.15, -0.1) is 0 Å². The molecular weight excluding hydrogens is 354 g/mol. The maximum Gasteiger partial charge on any atom is 0.319 e. The second kappa shape index (κ2) is 7.36. The number of carbonyl (C=O) groups is 2. The molecule has 1 aromatic carbocycles. The third kappa shape index (κ3) is 3.37. The minimum atomic E-state index is -0.672. The molecule has 0 saturated heterocycles. The van der Waals surface area contributed by atoms with E-state index in [0.717, 1.165) is 0 Å². The van der Waals surface area contributed by atoms with Gasteiger partial charge in [-0.05, 0) is 24.6 Å². The lowest BCUT2D eigenvalue weighted by Crippen LogP contribution is -2.44. The van der Waals surface area contributed by atoms with Gasteiger partial charge < -0.3 is 34.9 Å². The predicted octanol–water partition coefficient (Wildman–Crippen LogP) is 0.543. The fraction of sp³-hybridized carbons (Fsp3) is 0.444. The molecule has 9 heteroatoms. The molecule has 0 aromatic heterocycles. The van der Waals surface area contributed by atoms with Gasteiger partial charge in [0.25, 0.3) is 5.91 Å². The van der Waals surface area contributed by atoms with Crippen LogP contribution >= 0.6 is 0 Å². The van der Waals surface area contributed by atoms with Crippen LogP contribution in [0.3, 0.4) is 0 Å². The number of ether oxygens (including phenoxy) is 3. The van der Waals surface area contributed by atoms with Crippen LogP contribution in [0.2, 0.25) is 0 Å². The number of aliphatic hydroxyl groups excluding tert-OH is 1. The van der Waals surface area contributed by atoms with E-state index in [4.69, 9.17) is 14.2 Å². The third-order valence-electron chi connectivity index (χ3n) is 4.53. The van der Waals surface area contributed by atoms with E-state index in [1.165, 1.54) is 26.2 Å². The number of nitrogens with zero attached hydrogens (tertiary/aromatic N) is 1. The normalized spacial score (nSPS) is 20.0. The largest absolute Gasteiger partial charge is 0.493 e. The summed E-state index contributed by atoms with van der Waals surface area (Å²) in [6.07, 6.45) is -0.668. The summed E-state index contributed by atoms with van der Waals surface area (Å²) in [6, 6.07) is 2.33. The lowest BCUT2D eigenvalue weighted by Gasteiger charge is -2.26. The van der Waals surface area contributed by atoms with Crippen LogP contribution in [0.15, 0.2) is 23.4 Å². The SMILES string of the molecule is COc1cc([C@H]2NC(=O)NC3=C2C(=O)N(C[C@H](C)O)C3)cc(OC)c1OC. The van der Waals surface area contributed by atoms with Gasteiger partial charge in [0.15, 0.2) is 11.5 Å². The molecule has 0 bridgehead atoms. The second-order valence-corrected chi connectivity index (χ2v) is 6.42. The predicted molar refractivity (Wildman–Crippen MR) is 95.8 cm³/mol. The van der Waals surface area contributed by atoms with Crippen molar-refractivity contribution in [1.82, 2.24) is 15.5 Å².